The summed E-state index contributed by atoms with van der Waals surface area (Å²) in [7, 11) is 0. The number of rotatable bonds is 51. The van der Waals surface area contributed by atoms with Crippen LogP contribution in [-0.4, -0.2) is 34.9 Å². The molecule has 0 fully saturated rings. The molecule has 0 aromatic rings. The standard InChI is InChI=1S/C57H109NO3/c1-3-5-7-9-11-13-15-17-19-21-23-24-25-26-27-28-29-30-31-32-33-34-35-37-39-41-43-45-47-49-51-53-57(61)58-55(54-59)56(60)52-50-48-46-44-42-40-38-36-22-20-18-16-14-12-10-8-6-4-2/h15,17,21,23,50,52,55-56,59-60H,3-14,16,18-20,22,24-49,51,53-54H2,1-2H3,(H,58,61)/b17-15-,23-21-,52-50+. The minimum atomic E-state index is -0.837. The highest BCUT2D eigenvalue weighted by molar-refractivity contribution is 5.76. The molecule has 4 heteroatoms. The van der Waals surface area contributed by atoms with Crippen molar-refractivity contribution in [3.8, 4) is 0 Å². The van der Waals surface area contributed by atoms with Crippen molar-refractivity contribution in [2.24, 2.45) is 0 Å². The van der Waals surface area contributed by atoms with E-state index in [2.05, 4.69) is 43.5 Å². The number of carbonyl (C=O) groups excluding carboxylic acids is 1. The van der Waals surface area contributed by atoms with Crippen molar-refractivity contribution in [1.82, 2.24) is 5.32 Å². The smallest absolute Gasteiger partial charge is 0.220 e. The van der Waals surface area contributed by atoms with Crippen LogP contribution in [0.1, 0.15) is 303 Å². The highest BCUT2D eigenvalue weighted by Gasteiger charge is 2.18. The fourth-order valence-electron chi connectivity index (χ4n) is 8.62. The molecule has 0 bridgehead atoms. The lowest BCUT2D eigenvalue weighted by atomic mass is 10.0. The van der Waals surface area contributed by atoms with Gasteiger partial charge in [-0.3, -0.25) is 4.79 Å². The Hall–Kier alpha value is -1.39. The number of amides is 1. The number of carbonyl (C=O) groups is 1. The predicted octanol–water partition coefficient (Wildman–Crippen LogP) is 18.1. The third kappa shape index (κ3) is 49.5. The van der Waals surface area contributed by atoms with E-state index in [0.717, 1.165) is 32.1 Å². The van der Waals surface area contributed by atoms with Gasteiger partial charge in [0.05, 0.1) is 18.8 Å². The Morgan fingerprint density at radius 3 is 0.984 bits per heavy atom. The summed E-state index contributed by atoms with van der Waals surface area (Å²) in [5.74, 6) is -0.0591. The molecule has 360 valence electrons. The molecule has 0 saturated heterocycles. The first kappa shape index (κ1) is 59.6. The number of aliphatic hydroxyl groups excluding tert-OH is 2. The van der Waals surface area contributed by atoms with E-state index in [9.17, 15) is 15.0 Å². The molecule has 3 N–H and O–H groups in total. The Kier molecular flexibility index (Phi) is 51.7. The Balaban J connectivity index is 3.45. The predicted molar refractivity (Wildman–Crippen MR) is 272 cm³/mol. The van der Waals surface area contributed by atoms with E-state index in [1.54, 1.807) is 6.08 Å². The van der Waals surface area contributed by atoms with Gasteiger partial charge < -0.3 is 15.5 Å². The summed E-state index contributed by atoms with van der Waals surface area (Å²) in [5.41, 5.74) is 0. The van der Waals surface area contributed by atoms with Crippen LogP contribution < -0.4 is 5.32 Å². The molecule has 0 saturated carbocycles. The van der Waals surface area contributed by atoms with Crippen molar-refractivity contribution in [3.05, 3.63) is 36.5 Å². The third-order valence-electron chi connectivity index (χ3n) is 12.9. The topological polar surface area (TPSA) is 69.6 Å². The molecule has 0 aromatic heterocycles. The molecule has 0 aromatic carbocycles. The lowest BCUT2D eigenvalue weighted by molar-refractivity contribution is -0.123. The van der Waals surface area contributed by atoms with Crippen LogP contribution >= 0.6 is 0 Å². The normalized spacial score (nSPS) is 13.0. The second-order valence-corrected chi connectivity index (χ2v) is 19.0. The summed E-state index contributed by atoms with van der Waals surface area (Å²) in [6.45, 7) is 4.33. The van der Waals surface area contributed by atoms with Gasteiger partial charge in [0.1, 0.15) is 0 Å². The minimum Gasteiger partial charge on any atom is -0.394 e. The van der Waals surface area contributed by atoms with E-state index >= 15 is 0 Å². The van der Waals surface area contributed by atoms with E-state index in [1.165, 1.54) is 250 Å². The Bertz CT molecular complexity index is 928. The monoisotopic (exact) mass is 856 g/mol. The van der Waals surface area contributed by atoms with Gasteiger partial charge in [0.2, 0.25) is 5.91 Å². The maximum atomic E-state index is 12.5. The molecule has 0 aliphatic heterocycles. The summed E-state index contributed by atoms with van der Waals surface area (Å²) in [6.07, 6.45) is 71.6. The quantitative estimate of drug-likeness (QED) is 0.0422. The van der Waals surface area contributed by atoms with Crippen LogP contribution in [-0.2, 0) is 4.79 Å². The highest BCUT2D eigenvalue weighted by Crippen LogP contribution is 2.17. The zero-order chi connectivity index (χ0) is 44.2. The van der Waals surface area contributed by atoms with Crippen molar-refractivity contribution in [3.63, 3.8) is 0 Å². The second-order valence-electron chi connectivity index (χ2n) is 19.0. The molecule has 0 aliphatic rings. The number of nitrogens with one attached hydrogen (secondary N) is 1. The van der Waals surface area contributed by atoms with Crippen molar-refractivity contribution >= 4 is 5.91 Å². The van der Waals surface area contributed by atoms with Crippen LogP contribution in [0.25, 0.3) is 0 Å². The van der Waals surface area contributed by atoms with E-state index in [1.807, 2.05) is 6.08 Å². The second kappa shape index (κ2) is 53.0. The van der Waals surface area contributed by atoms with E-state index in [0.29, 0.717) is 6.42 Å². The molecule has 2 unspecified atom stereocenters. The largest absolute Gasteiger partial charge is 0.394 e. The average Bonchev–Trinajstić information content (AvgIpc) is 3.26. The zero-order valence-corrected chi connectivity index (χ0v) is 41.4. The van der Waals surface area contributed by atoms with Gasteiger partial charge in [0.25, 0.3) is 0 Å². The first-order valence-corrected chi connectivity index (χ1v) is 27.7. The third-order valence-corrected chi connectivity index (χ3v) is 12.9. The summed E-state index contributed by atoms with van der Waals surface area (Å²) in [4.78, 5) is 12.5. The van der Waals surface area contributed by atoms with Gasteiger partial charge >= 0.3 is 0 Å². The molecule has 2 atom stereocenters. The number of hydrogen-bond donors (Lipinski definition) is 3. The number of unbranched alkanes of at least 4 members (excludes halogenated alkanes) is 40. The molecule has 1 amide bonds. The van der Waals surface area contributed by atoms with E-state index in [-0.39, 0.29) is 12.5 Å². The SMILES string of the molecule is CCCCCCC/C=C\C/C=C\CCCCCCCCCCCCCCCCCCCCCC(=O)NC(CO)C(O)/C=C/CCCCCCCCCCCCCCCCCC. The van der Waals surface area contributed by atoms with Gasteiger partial charge in [0.15, 0.2) is 0 Å². The Labute approximate surface area is 382 Å². The van der Waals surface area contributed by atoms with Crippen LogP contribution in [0.3, 0.4) is 0 Å². The lowest BCUT2D eigenvalue weighted by Gasteiger charge is -2.20. The average molecular weight is 857 g/mol. The van der Waals surface area contributed by atoms with Crippen molar-refractivity contribution in [2.45, 2.75) is 315 Å². The van der Waals surface area contributed by atoms with Crippen LogP contribution in [0.4, 0.5) is 0 Å². The fourth-order valence-corrected chi connectivity index (χ4v) is 8.62. The van der Waals surface area contributed by atoms with Gasteiger partial charge in [-0.15, -0.1) is 0 Å². The number of allylic oxidation sites excluding steroid dienone is 5. The maximum absolute atomic E-state index is 12.5. The van der Waals surface area contributed by atoms with Gasteiger partial charge in [-0.2, -0.15) is 0 Å². The van der Waals surface area contributed by atoms with E-state index in [4.69, 9.17) is 0 Å². The summed E-state index contributed by atoms with van der Waals surface area (Å²) in [5, 5.41) is 23.1. The highest BCUT2D eigenvalue weighted by atomic mass is 16.3. The molecule has 0 spiro atoms. The van der Waals surface area contributed by atoms with E-state index < -0.39 is 12.1 Å². The number of aliphatic hydroxyl groups is 2. The van der Waals surface area contributed by atoms with Crippen LogP contribution in [0.2, 0.25) is 0 Å². The molecule has 61 heavy (non-hydrogen) atoms. The Morgan fingerprint density at radius 1 is 0.393 bits per heavy atom. The van der Waals surface area contributed by atoms with Crippen molar-refractivity contribution in [1.29, 1.82) is 0 Å². The first-order chi connectivity index (χ1) is 30.2. The molecule has 0 aliphatic carbocycles. The number of hydrogen-bond acceptors (Lipinski definition) is 3. The fraction of sp³-hybridized carbons (Fsp3) is 0.877. The van der Waals surface area contributed by atoms with Crippen LogP contribution in [0.15, 0.2) is 36.5 Å². The minimum absolute atomic E-state index is 0.0591. The lowest BCUT2D eigenvalue weighted by Crippen LogP contribution is -2.45. The maximum Gasteiger partial charge on any atom is 0.220 e. The molecular weight excluding hydrogens is 747 g/mol. The molecule has 0 rings (SSSR count). The summed E-state index contributed by atoms with van der Waals surface area (Å²) in [6, 6.07) is -0.620. The first-order valence-electron chi connectivity index (χ1n) is 27.7. The molecule has 4 nitrogen and oxygen atoms in total. The van der Waals surface area contributed by atoms with Crippen LogP contribution in [0, 0.1) is 0 Å². The molecular formula is C57H109NO3. The van der Waals surface area contributed by atoms with Crippen molar-refractivity contribution in [2.75, 3.05) is 6.61 Å². The summed E-state index contributed by atoms with van der Waals surface area (Å²) >= 11 is 0. The zero-order valence-electron chi connectivity index (χ0n) is 41.4. The van der Waals surface area contributed by atoms with Gasteiger partial charge in [-0.25, -0.2) is 0 Å². The molecule has 0 heterocycles. The van der Waals surface area contributed by atoms with Crippen LogP contribution in [0.5, 0.6) is 0 Å². The van der Waals surface area contributed by atoms with Gasteiger partial charge in [0, 0.05) is 6.42 Å². The molecule has 0 radical (unpaired) electrons. The summed E-state index contributed by atoms with van der Waals surface area (Å²) < 4.78 is 0. The van der Waals surface area contributed by atoms with Gasteiger partial charge in [-0.1, -0.05) is 281 Å². The van der Waals surface area contributed by atoms with Crippen molar-refractivity contribution < 1.29 is 15.0 Å². The Morgan fingerprint density at radius 2 is 0.672 bits per heavy atom. The van der Waals surface area contributed by atoms with Gasteiger partial charge in [-0.05, 0) is 51.4 Å².